The summed E-state index contributed by atoms with van der Waals surface area (Å²) in [4.78, 5) is 0. The van der Waals surface area contributed by atoms with E-state index >= 15 is 0 Å². The van der Waals surface area contributed by atoms with Crippen LogP contribution in [0.15, 0.2) is 61.4 Å². The molecule has 0 unspecified atom stereocenters. The van der Waals surface area contributed by atoms with Crippen molar-refractivity contribution >= 4 is 17.0 Å². The fourth-order valence-corrected chi connectivity index (χ4v) is 3.09. The van der Waals surface area contributed by atoms with Gasteiger partial charge in [0.1, 0.15) is 5.75 Å². The molecule has 28 heavy (non-hydrogen) atoms. The zero-order valence-electron chi connectivity index (χ0n) is 15.8. The maximum atomic E-state index is 6.02. The predicted octanol–water partition coefficient (Wildman–Crippen LogP) is 4.45. The largest absolute Gasteiger partial charge is 0.493 e. The van der Waals surface area contributed by atoms with Gasteiger partial charge >= 0.3 is 0 Å². The van der Waals surface area contributed by atoms with Gasteiger partial charge in [0.25, 0.3) is 0 Å². The smallest absolute Gasteiger partial charge is 0.219 e. The van der Waals surface area contributed by atoms with Gasteiger partial charge in [0.15, 0.2) is 0 Å². The van der Waals surface area contributed by atoms with Crippen LogP contribution in [0.3, 0.4) is 0 Å². The van der Waals surface area contributed by atoms with Crippen LogP contribution in [-0.4, -0.2) is 33.2 Å². The summed E-state index contributed by atoms with van der Waals surface area (Å²) in [6, 6.07) is 14.0. The number of rotatable bonds is 8. The van der Waals surface area contributed by atoms with E-state index in [2.05, 4.69) is 34.0 Å². The Bertz CT molecular complexity index is 1100. The quantitative estimate of drug-likeness (QED) is 0.463. The lowest BCUT2D eigenvalue weighted by atomic mass is 10.1. The first-order chi connectivity index (χ1) is 13.8. The minimum absolute atomic E-state index is 0.537. The lowest BCUT2D eigenvalue weighted by Gasteiger charge is -2.11. The fourth-order valence-electron chi connectivity index (χ4n) is 3.09. The molecular formula is C22H22N4O2. The number of nitrogens with zero attached hydrogens (tertiary/aromatic N) is 3. The minimum Gasteiger partial charge on any atom is -0.493 e. The number of H-pyrrole nitrogens is 1. The van der Waals surface area contributed by atoms with E-state index in [-0.39, 0.29) is 0 Å². The highest BCUT2D eigenvalue weighted by Crippen LogP contribution is 2.31. The number of hydrogen-bond acceptors (Lipinski definition) is 4. The van der Waals surface area contributed by atoms with E-state index in [0.29, 0.717) is 13.2 Å². The van der Waals surface area contributed by atoms with Crippen molar-refractivity contribution in [1.82, 2.24) is 20.0 Å². The molecule has 1 N–H and O–H groups in total. The molecule has 0 saturated carbocycles. The first-order valence-electron chi connectivity index (χ1n) is 9.19. The standard InChI is InChI=1S/C22H22N4O2/c1-3-16-7-4-5-8-21(16)27-11-6-12-28-22-19(15-24-26(22)2)17-9-10-18-14-23-25-20(18)13-17/h3-5,7-10,13-15H,1,6,11-12H2,2H3,(H,23,25). The number of ether oxygens (including phenoxy) is 2. The van der Waals surface area contributed by atoms with Crippen LogP contribution in [0, 0.1) is 0 Å². The second-order valence-electron chi connectivity index (χ2n) is 6.45. The van der Waals surface area contributed by atoms with Gasteiger partial charge in [-0.15, -0.1) is 0 Å². The molecule has 6 nitrogen and oxygen atoms in total. The van der Waals surface area contributed by atoms with Gasteiger partial charge in [-0.1, -0.05) is 43.0 Å². The zero-order chi connectivity index (χ0) is 19.3. The third kappa shape index (κ3) is 3.62. The van der Waals surface area contributed by atoms with E-state index in [1.54, 1.807) is 10.8 Å². The SMILES string of the molecule is C=Cc1ccccc1OCCCOc1c(-c2ccc3cn[nH]c3c2)cnn1C. The molecule has 6 heteroatoms. The average molecular weight is 374 g/mol. The van der Waals surface area contributed by atoms with Crippen molar-refractivity contribution in [2.75, 3.05) is 13.2 Å². The number of fused-ring (bicyclic) bond motifs is 1. The zero-order valence-corrected chi connectivity index (χ0v) is 15.8. The average Bonchev–Trinajstić information content (AvgIpc) is 3.34. The number of para-hydroxylation sites is 1. The van der Waals surface area contributed by atoms with Gasteiger partial charge in [0.05, 0.1) is 36.7 Å². The molecule has 0 bridgehead atoms. The number of aromatic nitrogens is 4. The molecule has 4 aromatic rings. The molecule has 0 atom stereocenters. The van der Waals surface area contributed by atoms with E-state index in [1.807, 2.05) is 49.8 Å². The summed E-state index contributed by atoms with van der Waals surface area (Å²) < 4.78 is 13.6. The third-order valence-corrected chi connectivity index (χ3v) is 4.56. The molecule has 0 aliphatic rings. The maximum absolute atomic E-state index is 6.02. The van der Waals surface area contributed by atoms with Gasteiger partial charge in [-0.2, -0.15) is 10.2 Å². The Kier molecular flexibility index (Phi) is 5.10. The summed E-state index contributed by atoms with van der Waals surface area (Å²) in [6.45, 7) is 4.92. The lowest BCUT2D eigenvalue weighted by Crippen LogP contribution is -2.08. The lowest BCUT2D eigenvalue weighted by molar-refractivity contribution is 0.236. The molecule has 0 saturated heterocycles. The van der Waals surface area contributed by atoms with E-state index in [0.717, 1.165) is 45.6 Å². The monoisotopic (exact) mass is 374 g/mol. The normalized spacial score (nSPS) is 10.9. The Morgan fingerprint density at radius 2 is 1.96 bits per heavy atom. The highest BCUT2D eigenvalue weighted by molar-refractivity contribution is 5.84. The van der Waals surface area contributed by atoms with Crippen molar-refractivity contribution in [2.45, 2.75) is 6.42 Å². The number of hydrogen-bond donors (Lipinski definition) is 1. The number of nitrogens with one attached hydrogen (secondary N) is 1. The molecule has 0 radical (unpaired) electrons. The van der Waals surface area contributed by atoms with Gasteiger partial charge in [-0.3, -0.25) is 5.10 Å². The molecule has 0 spiro atoms. The van der Waals surface area contributed by atoms with Gasteiger partial charge in [-0.05, 0) is 17.7 Å². The van der Waals surface area contributed by atoms with Crippen LogP contribution in [0.5, 0.6) is 11.6 Å². The Morgan fingerprint density at radius 3 is 2.86 bits per heavy atom. The first kappa shape index (κ1) is 17.9. The van der Waals surface area contributed by atoms with Crippen molar-refractivity contribution in [3.05, 3.63) is 67.0 Å². The van der Waals surface area contributed by atoms with Crippen molar-refractivity contribution in [3.63, 3.8) is 0 Å². The Labute approximate surface area is 163 Å². The molecule has 4 rings (SSSR count). The van der Waals surface area contributed by atoms with Crippen LogP contribution in [0.4, 0.5) is 0 Å². The van der Waals surface area contributed by atoms with Crippen LogP contribution >= 0.6 is 0 Å². The highest BCUT2D eigenvalue weighted by atomic mass is 16.5. The summed E-state index contributed by atoms with van der Waals surface area (Å²) in [5.74, 6) is 1.58. The molecule has 0 aliphatic carbocycles. The van der Waals surface area contributed by atoms with E-state index in [9.17, 15) is 0 Å². The number of aromatic amines is 1. The second-order valence-corrected chi connectivity index (χ2v) is 6.45. The van der Waals surface area contributed by atoms with Crippen molar-refractivity contribution in [2.24, 2.45) is 7.05 Å². The van der Waals surface area contributed by atoms with E-state index in [1.165, 1.54) is 0 Å². The molecule has 0 aliphatic heterocycles. The fraction of sp³-hybridized carbons (Fsp3) is 0.182. The first-order valence-corrected chi connectivity index (χ1v) is 9.19. The molecule has 2 aromatic heterocycles. The summed E-state index contributed by atoms with van der Waals surface area (Å²) in [5, 5.41) is 12.5. The van der Waals surface area contributed by atoms with Gasteiger partial charge in [0.2, 0.25) is 5.88 Å². The Hall–Kier alpha value is -3.54. The molecule has 0 amide bonds. The van der Waals surface area contributed by atoms with Crippen LogP contribution in [0.2, 0.25) is 0 Å². The van der Waals surface area contributed by atoms with Gasteiger partial charge in [0, 0.05) is 24.4 Å². The molecule has 142 valence electrons. The second kappa shape index (κ2) is 8.00. The molecule has 2 aromatic carbocycles. The Morgan fingerprint density at radius 1 is 1.11 bits per heavy atom. The van der Waals surface area contributed by atoms with Crippen LogP contribution in [0.1, 0.15) is 12.0 Å². The van der Waals surface area contributed by atoms with Crippen LogP contribution in [0.25, 0.3) is 28.1 Å². The topological polar surface area (TPSA) is 65.0 Å². The molecular weight excluding hydrogens is 352 g/mol. The van der Waals surface area contributed by atoms with E-state index in [4.69, 9.17) is 9.47 Å². The van der Waals surface area contributed by atoms with Crippen LogP contribution in [-0.2, 0) is 7.05 Å². The summed E-state index contributed by atoms with van der Waals surface area (Å²) >= 11 is 0. The van der Waals surface area contributed by atoms with E-state index < -0.39 is 0 Å². The molecule has 2 heterocycles. The summed E-state index contributed by atoms with van der Waals surface area (Å²) in [5.41, 5.74) is 3.97. The number of aryl methyl sites for hydroxylation is 1. The van der Waals surface area contributed by atoms with Gasteiger partial charge in [-0.25, -0.2) is 4.68 Å². The van der Waals surface area contributed by atoms with Crippen molar-refractivity contribution in [1.29, 1.82) is 0 Å². The summed E-state index contributed by atoms with van der Waals surface area (Å²) in [7, 11) is 1.88. The number of benzene rings is 2. The van der Waals surface area contributed by atoms with Crippen molar-refractivity contribution < 1.29 is 9.47 Å². The summed E-state index contributed by atoms with van der Waals surface area (Å²) in [6.07, 6.45) is 6.19. The third-order valence-electron chi connectivity index (χ3n) is 4.56. The predicted molar refractivity (Wildman–Crippen MR) is 110 cm³/mol. The maximum Gasteiger partial charge on any atom is 0.219 e. The Balaban J connectivity index is 1.39. The van der Waals surface area contributed by atoms with Crippen LogP contribution < -0.4 is 9.47 Å². The van der Waals surface area contributed by atoms with Gasteiger partial charge < -0.3 is 9.47 Å². The minimum atomic E-state index is 0.537. The molecule has 0 fully saturated rings. The highest BCUT2D eigenvalue weighted by Gasteiger charge is 2.13. The van der Waals surface area contributed by atoms with Crippen molar-refractivity contribution in [3.8, 4) is 22.8 Å².